The molecule has 98 valence electrons. The lowest BCUT2D eigenvalue weighted by Crippen LogP contribution is -2.40. The molecule has 1 amide bonds. The summed E-state index contributed by atoms with van der Waals surface area (Å²) >= 11 is 0. The number of nitrogens with zero attached hydrogens (tertiary/aromatic N) is 1. The van der Waals surface area contributed by atoms with Gasteiger partial charge in [-0.3, -0.25) is 10.2 Å². The molecule has 0 aliphatic carbocycles. The van der Waals surface area contributed by atoms with Crippen LogP contribution in [0.2, 0.25) is 0 Å². The Labute approximate surface area is 106 Å². The summed E-state index contributed by atoms with van der Waals surface area (Å²) in [6.45, 7) is 3.89. The van der Waals surface area contributed by atoms with E-state index in [0.29, 0.717) is 11.6 Å². The molecule has 1 aromatic heterocycles. The van der Waals surface area contributed by atoms with Gasteiger partial charge >= 0.3 is 0 Å². The minimum atomic E-state index is -0.244. The number of hydrazine groups is 1. The number of methoxy groups -OCH3 is 1. The summed E-state index contributed by atoms with van der Waals surface area (Å²) in [4.78, 5) is 16.3. The standard InChI is InChI=1S/C12H18N4O2/c1-7-4-5-10(18-3)11(13-7)14-12(17)9-6-8(2)15-16-9/h4-5,8-9,15-16H,6H2,1-3H3,(H,13,14,17). The normalized spacial score (nSPS) is 22.8. The number of hydrogen-bond acceptors (Lipinski definition) is 5. The second-order valence-corrected chi connectivity index (χ2v) is 4.47. The summed E-state index contributed by atoms with van der Waals surface area (Å²) < 4.78 is 5.17. The van der Waals surface area contributed by atoms with Crippen molar-refractivity contribution in [1.82, 2.24) is 15.8 Å². The first kappa shape index (κ1) is 12.8. The number of hydrogen-bond donors (Lipinski definition) is 3. The number of nitrogens with one attached hydrogen (secondary N) is 3. The van der Waals surface area contributed by atoms with Crippen molar-refractivity contribution in [1.29, 1.82) is 0 Å². The molecule has 0 aromatic carbocycles. The third kappa shape index (κ3) is 2.77. The Morgan fingerprint density at radius 3 is 2.89 bits per heavy atom. The highest BCUT2D eigenvalue weighted by Gasteiger charge is 2.27. The van der Waals surface area contributed by atoms with E-state index < -0.39 is 0 Å². The highest BCUT2D eigenvalue weighted by Crippen LogP contribution is 2.22. The summed E-state index contributed by atoms with van der Waals surface area (Å²) in [7, 11) is 1.56. The molecular weight excluding hydrogens is 232 g/mol. The van der Waals surface area contributed by atoms with E-state index >= 15 is 0 Å². The topological polar surface area (TPSA) is 75.3 Å². The van der Waals surface area contributed by atoms with Crippen LogP contribution in [-0.4, -0.2) is 30.1 Å². The van der Waals surface area contributed by atoms with Crippen LogP contribution >= 0.6 is 0 Å². The molecular formula is C12H18N4O2. The third-order valence-corrected chi connectivity index (χ3v) is 2.87. The molecule has 0 spiro atoms. The van der Waals surface area contributed by atoms with Crippen molar-refractivity contribution in [2.24, 2.45) is 0 Å². The van der Waals surface area contributed by atoms with Crippen molar-refractivity contribution < 1.29 is 9.53 Å². The van der Waals surface area contributed by atoms with Crippen LogP contribution in [0.4, 0.5) is 5.82 Å². The minimum Gasteiger partial charge on any atom is -0.493 e. The largest absolute Gasteiger partial charge is 0.493 e. The van der Waals surface area contributed by atoms with Crippen molar-refractivity contribution in [2.45, 2.75) is 32.4 Å². The molecule has 6 nitrogen and oxygen atoms in total. The van der Waals surface area contributed by atoms with Gasteiger partial charge in [0, 0.05) is 11.7 Å². The van der Waals surface area contributed by atoms with Crippen LogP contribution < -0.4 is 20.9 Å². The number of carbonyl (C=O) groups is 1. The molecule has 1 saturated heterocycles. The molecule has 1 aliphatic rings. The predicted molar refractivity (Wildman–Crippen MR) is 68.3 cm³/mol. The van der Waals surface area contributed by atoms with E-state index in [0.717, 1.165) is 12.1 Å². The highest BCUT2D eigenvalue weighted by atomic mass is 16.5. The van der Waals surface area contributed by atoms with Gasteiger partial charge in [-0.1, -0.05) is 0 Å². The Bertz CT molecular complexity index is 450. The van der Waals surface area contributed by atoms with Crippen LogP contribution in [0.3, 0.4) is 0 Å². The molecule has 2 atom stereocenters. The van der Waals surface area contributed by atoms with Gasteiger partial charge in [0.05, 0.1) is 7.11 Å². The Balaban J connectivity index is 2.09. The Hall–Kier alpha value is -1.66. The Morgan fingerprint density at radius 2 is 2.28 bits per heavy atom. The maximum Gasteiger partial charge on any atom is 0.244 e. The zero-order chi connectivity index (χ0) is 13.1. The number of aromatic nitrogens is 1. The van der Waals surface area contributed by atoms with Crippen molar-refractivity contribution in [2.75, 3.05) is 12.4 Å². The van der Waals surface area contributed by atoms with Gasteiger partial charge in [-0.05, 0) is 32.4 Å². The van der Waals surface area contributed by atoms with Gasteiger partial charge < -0.3 is 10.1 Å². The maximum atomic E-state index is 12.0. The summed E-state index contributed by atoms with van der Waals surface area (Å²) in [5.74, 6) is 0.917. The number of amides is 1. The molecule has 1 fully saturated rings. The average molecular weight is 250 g/mol. The molecule has 2 rings (SSSR count). The van der Waals surface area contributed by atoms with E-state index in [1.165, 1.54) is 0 Å². The average Bonchev–Trinajstić information content (AvgIpc) is 2.76. The van der Waals surface area contributed by atoms with Crippen LogP contribution in [0.5, 0.6) is 5.75 Å². The van der Waals surface area contributed by atoms with Crippen LogP contribution in [0.1, 0.15) is 19.0 Å². The predicted octanol–water partition coefficient (Wildman–Crippen LogP) is 0.592. The lowest BCUT2D eigenvalue weighted by molar-refractivity contribution is -0.117. The van der Waals surface area contributed by atoms with Gasteiger partial charge in [0.25, 0.3) is 0 Å². The summed E-state index contributed by atoms with van der Waals surface area (Å²) in [6, 6.07) is 3.67. The van der Waals surface area contributed by atoms with Crippen LogP contribution in [-0.2, 0) is 4.79 Å². The van der Waals surface area contributed by atoms with Gasteiger partial charge in [-0.25, -0.2) is 10.4 Å². The quantitative estimate of drug-likeness (QED) is 0.732. The number of ether oxygens (including phenoxy) is 1. The van der Waals surface area contributed by atoms with E-state index in [9.17, 15) is 4.79 Å². The first-order valence-corrected chi connectivity index (χ1v) is 5.93. The number of carbonyl (C=O) groups excluding carboxylic acids is 1. The molecule has 3 N–H and O–H groups in total. The first-order chi connectivity index (χ1) is 8.60. The molecule has 2 unspecified atom stereocenters. The molecule has 2 heterocycles. The van der Waals surface area contributed by atoms with Crippen LogP contribution in [0.25, 0.3) is 0 Å². The van der Waals surface area contributed by atoms with E-state index in [2.05, 4.69) is 21.2 Å². The van der Waals surface area contributed by atoms with Gasteiger partial charge in [0.2, 0.25) is 5.91 Å². The van der Waals surface area contributed by atoms with Gasteiger partial charge in [0.1, 0.15) is 6.04 Å². The number of aryl methyl sites for hydroxylation is 1. The fraction of sp³-hybridized carbons (Fsp3) is 0.500. The van der Waals surface area contributed by atoms with Crippen molar-refractivity contribution >= 4 is 11.7 Å². The molecule has 0 bridgehead atoms. The van der Waals surface area contributed by atoms with Crippen molar-refractivity contribution in [3.63, 3.8) is 0 Å². The lowest BCUT2D eigenvalue weighted by atomic mass is 10.1. The Morgan fingerprint density at radius 1 is 1.50 bits per heavy atom. The lowest BCUT2D eigenvalue weighted by Gasteiger charge is -2.12. The Kier molecular flexibility index (Phi) is 3.78. The third-order valence-electron chi connectivity index (χ3n) is 2.87. The van der Waals surface area contributed by atoms with E-state index in [1.807, 2.05) is 19.9 Å². The highest BCUT2D eigenvalue weighted by molar-refractivity contribution is 5.95. The zero-order valence-electron chi connectivity index (χ0n) is 10.8. The monoisotopic (exact) mass is 250 g/mol. The van der Waals surface area contributed by atoms with E-state index in [-0.39, 0.29) is 18.0 Å². The molecule has 0 radical (unpaired) electrons. The molecule has 1 aliphatic heterocycles. The maximum absolute atomic E-state index is 12.0. The van der Waals surface area contributed by atoms with Crippen molar-refractivity contribution in [3.8, 4) is 5.75 Å². The summed E-state index contributed by atoms with van der Waals surface area (Å²) in [6.07, 6.45) is 0.750. The van der Waals surface area contributed by atoms with Gasteiger partial charge in [0.15, 0.2) is 11.6 Å². The van der Waals surface area contributed by atoms with Crippen molar-refractivity contribution in [3.05, 3.63) is 17.8 Å². The number of anilines is 1. The van der Waals surface area contributed by atoms with Gasteiger partial charge in [-0.15, -0.1) is 0 Å². The number of rotatable bonds is 3. The second-order valence-electron chi connectivity index (χ2n) is 4.47. The van der Waals surface area contributed by atoms with Crippen LogP contribution in [0, 0.1) is 6.92 Å². The second kappa shape index (κ2) is 5.32. The van der Waals surface area contributed by atoms with Gasteiger partial charge in [-0.2, -0.15) is 0 Å². The molecule has 0 saturated carbocycles. The SMILES string of the molecule is COc1ccc(C)nc1NC(=O)C1CC(C)NN1. The fourth-order valence-corrected chi connectivity index (χ4v) is 1.89. The fourth-order valence-electron chi connectivity index (χ4n) is 1.89. The first-order valence-electron chi connectivity index (χ1n) is 5.93. The molecule has 6 heteroatoms. The number of pyridine rings is 1. The minimum absolute atomic E-state index is 0.108. The van der Waals surface area contributed by atoms with E-state index in [4.69, 9.17) is 4.74 Å². The summed E-state index contributed by atoms with van der Waals surface area (Å²) in [5.41, 5.74) is 6.79. The summed E-state index contributed by atoms with van der Waals surface area (Å²) in [5, 5.41) is 2.79. The smallest absolute Gasteiger partial charge is 0.244 e. The van der Waals surface area contributed by atoms with E-state index in [1.54, 1.807) is 13.2 Å². The molecule has 1 aromatic rings. The van der Waals surface area contributed by atoms with Crippen LogP contribution in [0.15, 0.2) is 12.1 Å². The zero-order valence-corrected chi connectivity index (χ0v) is 10.8. The molecule has 18 heavy (non-hydrogen) atoms.